The van der Waals surface area contributed by atoms with Gasteiger partial charge in [0.15, 0.2) is 0 Å². The Balaban J connectivity index is 2.25. The third-order valence-electron chi connectivity index (χ3n) is 4.11. The number of nitrogens with one attached hydrogen (secondary N) is 2. The van der Waals surface area contributed by atoms with Crippen molar-refractivity contribution in [3.63, 3.8) is 0 Å². The molecule has 0 spiro atoms. The van der Waals surface area contributed by atoms with E-state index in [1.165, 1.54) is 18.0 Å². The summed E-state index contributed by atoms with van der Waals surface area (Å²) < 4.78 is 17.7. The molecule has 2 aromatic rings. The molecule has 1 aromatic carbocycles. The lowest BCUT2D eigenvalue weighted by Crippen LogP contribution is -2.05. The Morgan fingerprint density at radius 2 is 2.10 bits per heavy atom. The Hall–Kier alpha value is -3.03. The van der Waals surface area contributed by atoms with E-state index in [1.54, 1.807) is 24.4 Å². The number of aliphatic imine (C=N–C) groups is 2. The van der Waals surface area contributed by atoms with Crippen LogP contribution in [-0.2, 0) is 0 Å². The normalized spacial score (nSPS) is 11.5. The third-order valence-corrected chi connectivity index (χ3v) is 4.95. The minimum absolute atomic E-state index is 0.358. The van der Waals surface area contributed by atoms with Crippen LogP contribution in [0.15, 0.2) is 71.2 Å². The Morgan fingerprint density at radius 3 is 2.73 bits per heavy atom. The number of nitrogens with zero attached hydrogens (tertiary/aromatic N) is 3. The predicted molar refractivity (Wildman–Crippen MR) is 130 cm³/mol. The molecule has 1 heterocycles. The Kier molecular flexibility index (Phi) is 9.18. The van der Waals surface area contributed by atoms with Crippen molar-refractivity contribution in [3.05, 3.63) is 78.3 Å². The van der Waals surface area contributed by atoms with Crippen LogP contribution in [0.25, 0.3) is 11.3 Å². The van der Waals surface area contributed by atoms with Gasteiger partial charge in [-0.05, 0) is 62.0 Å². The molecular weight excluding hydrogens is 397 g/mol. The molecule has 0 aliphatic rings. The van der Waals surface area contributed by atoms with Gasteiger partial charge >= 0.3 is 0 Å². The highest BCUT2D eigenvalue weighted by atomic mass is 32.2. The van der Waals surface area contributed by atoms with Crippen molar-refractivity contribution in [1.29, 1.82) is 0 Å². The van der Waals surface area contributed by atoms with Crippen LogP contribution in [0.5, 0.6) is 0 Å². The van der Waals surface area contributed by atoms with Crippen molar-refractivity contribution in [1.82, 2.24) is 10.3 Å². The summed E-state index contributed by atoms with van der Waals surface area (Å²) in [4.78, 5) is 12.9. The van der Waals surface area contributed by atoms with Crippen molar-refractivity contribution in [2.24, 2.45) is 9.98 Å². The number of rotatable bonds is 11. The summed E-state index contributed by atoms with van der Waals surface area (Å²) in [7, 11) is 1.81. The number of aromatic nitrogens is 1. The maximum absolute atomic E-state index is 14.7. The second-order valence-corrected chi connectivity index (χ2v) is 7.09. The Morgan fingerprint density at radius 1 is 1.30 bits per heavy atom. The van der Waals surface area contributed by atoms with E-state index in [0.717, 1.165) is 11.1 Å². The van der Waals surface area contributed by atoms with Crippen LogP contribution in [0.2, 0.25) is 0 Å². The van der Waals surface area contributed by atoms with Crippen molar-refractivity contribution >= 4 is 36.3 Å². The first kappa shape index (κ1) is 23.3. The summed E-state index contributed by atoms with van der Waals surface area (Å²) in [6.45, 7) is 13.4. The molecule has 0 fully saturated rings. The van der Waals surface area contributed by atoms with E-state index in [-0.39, 0.29) is 5.82 Å². The number of anilines is 1. The fourth-order valence-electron chi connectivity index (χ4n) is 2.64. The molecule has 0 unspecified atom stereocenters. The summed E-state index contributed by atoms with van der Waals surface area (Å²) >= 11 is 1.38. The van der Waals surface area contributed by atoms with Gasteiger partial charge in [-0.15, -0.1) is 0 Å². The molecule has 0 bridgehead atoms. The summed E-state index contributed by atoms with van der Waals surface area (Å²) in [5.41, 5.74) is 4.88. The number of hydrogen-bond acceptors (Lipinski definition) is 6. The van der Waals surface area contributed by atoms with Gasteiger partial charge in [0.2, 0.25) is 0 Å². The lowest BCUT2D eigenvalue weighted by Gasteiger charge is -2.11. The molecule has 30 heavy (non-hydrogen) atoms. The number of pyridine rings is 1. The zero-order valence-corrected chi connectivity index (χ0v) is 18.1. The molecule has 7 heteroatoms. The van der Waals surface area contributed by atoms with E-state index < -0.39 is 0 Å². The molecule has 2 rings (SSSR count). The number of aryl methyl sites for hydroxylation is 1. The van der Waals surface area contributed by atoms with E-state index in [1.807, 2.05) is 32.2 Å². The van der Waals surface area contributed by atoms with Gasteiger partial charge in [0, 0.05) is 11.3 Å². The van der Waals surface area contributed by atoms with Crippen LogP contribution in [-0.4, -0.2) is 37.4 Å². The molecule has 0 aliphatic heterocycles. The van der Waals surface area contributed by atoms with Gasteiger partial charge in [-0.3, -0.25) is 9.98 Å². The summed E-state index contributed by atoms with van der Waals surface area (Å²) in [6, 6.07) is 6.87. The molecule has 0 radical (unpaired) electrons. The van der Waals surface area contributed by atoms with E-state index in [4.69, 9.17) is 0 Å². The van der Waals surface area contributed by atoms with Crippen LogP contribution >= 0.6 is 11.9 Å². The SMILES string of the molecule is C=C/C=C(\C=C)CSNc1ccc(-c2cc(C)c(N=C)c(/C=N\CNC)n2)cc1F. The quantitative estimate of drug-likeness (QED) is 0.285. The van der Waals surface area contributed by atoms with Gasteiger partial charge < -0.3 is 10.0 Å². The molecule has 2 N–H and O–H groups in total. The molecule has 0 aliphatic carbocycles. The topological polar surface area (TPSA) is 61.7 Å². The summed E-state index contributed by atoms with van der Waals surface area (Å²) in [5.74, 6) is 0.284. The van der Waals surface area contributed by atoms with Crippen molar-refractivity contribution < 1.29 is 4.39 Å². The number of halogens is 1. The Labute approximate surface area is 181 Å². The van der Waals surface area contributed by atoms with Crippen molar-refractivity contribution in [2.75, 3.05) is 24.2 Å². The van der Waals surface area contributed by atoms with E-state index in [9.17, 15) is 4.39 Å². The molecule has 5 nitrogen and oxygen atoms in total. The number of allylic oxidation sites excluding steroid dienone is 3. The van der Waals surface area contributed by atoms with Gasteiger partial charge in [-0.25, -0.2) is 9.37 Å². The molecule has 156 valence electrons. The first-order chi connectivity index (χ1) is 14.5. The number of benzene rings is 1. The maximum atomic E-state index is 14.7. The molecule has 0 saturated carbocycles. The van der Waals surface area contributed by atoms with Gasteiger partial charge in [0.25, 0.3) is 0 Å². The van der Waals surface area contributed by atoms with Crippen molar-refractivity contribution in [2.45, 2.75) is 6.92 Å². The lowest BCUT2D eigenvalue weighted by molar-refractivity contribution is 0.633. The lowest BCUT2D eigenvalue weighted by atomic mass is 10.1. The highest BCUT2D eigenvalue weighted by Crippen LogP contribution is 2.29. The largest absolute Gasteiger partial charge is 0.327 e. The molecule has 0 atom stereocenters. The van der Waals surface area contributed by atoms with Crippen LogP contribution in [0, 0.1) is 12.7 Å². The van der Waals surface area contributed by atoms with E-state index in [2.05, 4.69) is 44.9 Å². The average molecular weight is 424 g/mol. The monoisotopic (exact) mass is 423 g/mol. The second-order valence-electron chi connectivity index (χ2n) is 6.31. The van der Waals surface area contributed by atoms with Gasteiger partial charge in [0.05, 0.1) is 30.0 Å². The Bertz CT molecular complexity index is 982. The maximum Gasteiger partial charge on any atom is 0.147 e. The van der Waals surface area contributed by atoms with Crippen LogP contribution in [0.1, 0.15) is 11.3 Å². The van der Waals surface area contributed by atoms with Gasteiger partial charge in [-0.1, -0.05) is 37.5 Å². The van der Waals surface area contributed by atoms with Crippen LogP contribution in [0.4, 0.5) is 15.8 Å². The van der Waals surface area contributed by atoms with Gasteiger partial charge in [-0.2, -0.15) is 0 Å². The second kappa shape index (κ2) is 11.8. The smallest absolute Gasteiger partial charge is 0.147 e. The predicted octanol–water partition coefficient (Wildman–Crippen LogP) is 5.48. The van der Waals surface area contributed by atoms with Crippen LogP contribution < -0.4 is 10.0 Å². The standard InChI is InChI=1S/C23H26FN5S/c1-6-8-17(7-2)14-30-29-20-10-9-18(12-19(20)24)21-11-16(3)23(26-5)22(28-21)13-27-15-25-4/h6-13,25,29H,1-2,5,14-15H2,3-4H3/b17-8+,27-13-. The highest BCUT2D eigenvalue weighted by Gasteiger charge is 2.11. The first-order valence-corrected chi connectivity index (χ1v) is 10.3. The fraction of sp³-hybridized carbons (Fsp3) is 0.174. The minimum Gasteiger partial charge on any atom is -0.327 e. The highest BCUT2D eigenvalue weighted by molar-refractivity contribution is 8.00. The zero-order valence-electron chi connectivity index (χ0n) is 17.3. The average Bonchev–Trinajstić information content (AvgIpc) is 2.74. The first-order valence-electron chi connectivity index (χ1n) is 9.28. The van der Waals surface area contributed by atoms with E-state index >= 15 is 0 Å². The molecule has 0 saturated heterocycles. The summed E-state index contributed by atoms with van der Waals surface area (Å²) in [5, 5.41) is 2.94. The van der Waals surface area contributed by atoms with Crippen molar-refractivity contribution in [3.8, 4) is 11.3 Å². The van der Waals surface area contributed by atoms with E-state index in [0.29, 0.717) is 40.7 Å². The third kappa shape index (κ3) is 6.23. The molecule has 0 amide bonds. The summed E-state index contributed by atoms with van der Waals surface area (Å²) in [6.07, 6.45) is 6.97. The minimum atomic E-state index is -0.358. The van der Waals surface area contributed by atoms with Gasteiger partial charge in [0.1, 0.15) is 11.5 Å². The molecule has 1 aromatic heterocycles. The zero-order chi connectivity index (χ0) is 21.9. The number of hydrogen-bond donors (Lipinski definition) is 2. The van der Waals surface area contributed by atoms with Crippen LogP contribution in [0.3, 0.4) is 0 Å². The fourth-order valence-corrected chi connectivity index (χ4v) is 3.41. The molecular formula is C23H26FN5S.